The fraction of sp³-hybridized carbons (Fsp3) is 0.300. The van der Waals surface area contributed by atoms with Crippen molar-refractivity contribution in [3.8, 4) is 0 Å². The van der Waals surface area contributed by atoms with Gasteiger partial charge < -0.3 is 11.1 Å². The second-order valence-corrected chi connectivity index (χ2v) is 3.04. The number of aromatic nitrogens is 1. The van der Waals surface area contributed by atoms with Crippen molar-refractivity contribution >= 4 is 11.5 Å². The summed E-state index contributed by atoms with van der Waals surface area (Å²) in [6.07, 6.45) is 4.52. The molecule has 0 saturated carbocycles. The van der Waals surface area contributed by atoms with Crippen LogP contribution in [0.25, 0.3) is 0 Å². The van der Waals surface area contributed by atoms with Crippen LogP contribution in [0, 0.1) is 0 Å². The summed E-state index contributed by atoms with van der Waals surface area (Å²) in [5, 5.41) is 3.29. The largest absolute Gasteiger partial charge is 0.384 e. The molecule has 0 spiro atoms. The number of nitrogens with zero attached hydrogens (tertiary/aromatic N) is 1. The van der Waals surface area contributed by atoms with Gasteiger partial charge in [-0.05, 0) is 19.4 Å². The van der Waals surface area contributed by atoms with Crippen LogP contribution in [0.2, 0.25) is 0 Å². The van der Waals surface area contributed by atoms with Gasteiger partial charge in [0.1, 0.15) is 5.82 Å². The summed E-state index contributed by atoms with van der Waals surface area (Å²) in [6, 6.07) is 4.09. The highest BCUT2D eigenvalue weighted by molar-refractivity contribution is 5.50. The molecule has 0 aromatic carbocycles. The lowest BCUT2D eigenvalue weighted by atomic mass is 10.2. The van der Waals surface area contributed by atoms with Crippen molar-refractivity contribution in [1.82, 2.24) is 4.98 Å². The average molecular weight is 177 g/mol. The fourth-order valence-corrected chi connectivity index (χ4v) is 1.13. The second kappa shape index (κ2) is 4.50. The fourth-order valence-electron chi connectivity index (χ4n) is 1.13. The minimum atomic E-state index is 0.374. The van der Waals surface area contributed by atoms with Crippen LogP contribution < -0.4 is 11.1 Å². The molecule has 0 aliphatic rings. The predicted molar refractivity (Wildman–Crippen MR) is 56.5 cm³/mol. The van der Waals surface area contributed by atoms with Crippen LogP contribution >= 0.6 is 0 Å². The van der Waals surface area contributed by atoms with Crippen molar-refractivity contribution in [2.24, 2.45) is 0 Å². The van der Waals surface area contributed by atoms with Gasteiger partial charge in [-0.3, -0.25) is 0 Å². The van der Waals surface area contributed by atoms with Gasteiger partial charge in [0.2, 0.25) is 0 Å². The molecule has 13 heavy (non-hydrogen) atoms. The van der Waals surface area contributed by atoms with Gasteiger partial charge in [-0.1, -0.05) is 6.08 Å². The minimum absolute atomic E-state index is 0.374. The second-order valence-electron chi connectivity index (χ2n) is 3.04. The molecule has 1 unspecified atom stereocenters. The third kappa shape index (κ3) is 3.15. The average Bonchev–Trinajstić information content (AvgIpc) is 2.04. The molecule has 3 N–H and O–H groups in total. The summed E-state index contributed by atoms with van der Waals surface area (Å²) in [4.78, 5) is 3.91. The van der Waals surface area contributed by atoms with E-state index in [1.54, 1.807) is 6.20 Å². The Hall–Kier alpha value is -1.51. The van der Waals surface area contributed by atoms with Crippen molar-refractivity contribution in [2.75, 3.05) is 11.1 Å². The molecule has 0 radical (unpaired) electrons. The Labute approximate surface area is 78.7 Å². The Morgan fingerprint density at radius 1 is 1.77 bits per heavy atom. The molecule has 1 rings (SSSR count). The van der Waals surface area contributed by atoms with E-state index in [0.29, 0.717) is 11.9 Å². The van der Waals surface area contributed by atoms with E-state index in [9.17, 15) is 0 Å². The molecular formula is C10H15N3. The molecule has 0 aliphatic heterocycles. The highest BCUT2D eigenvalue weighted by Crippen LogP contribution is 2.11. The lowest BCUT2D eigenvalue weighted by molar-refractivity contribution is 0.814. The Kier molecular flexibility index (Phi) is 3.31. The van der Waals surface area contributed by atoms with Gasteiger partial charge in [-0.15, -0.1) is 6.58 Å². The number of nitrogens with two attached hydrogens (primary N) is 1. The van der Waals surface area contributed by atoms with E-state index in [2.05, 4.69) is 23.8 Å². The third-order valence-electron chi connectivity index (χ3n) is 1.71. The van der Waals surface area contributed by atoms with Crippen molar-refractivity contribution in [3.05, 3.63) is 31.0 Å². The predicted octanol–water partition coefficient (Wildman–Crippen LogP) is 2.04. The number of anilines is 2. The smallest absolute Gasteiger partial charge is 0.125 e. The number of hydrogen-bond acceptors (Lipinski definition) is 3. The van der Waals surface area contributed by atoms with Gasteiger partial charge in [0, 0.05) is 24.0 Å². The first-order valence-electron chi connectivity index (χ1n) is 4.31. The zero-order chi connectivity index (χ0) is 9.68. The molecule has 3 heteroatoms. The Balaban J connectivity index is 2.58. The molecule has 0 saturated heterocycles. The van der Waals surface area contributed by atoms with Crippen molar-refractivity contribution in [1.29, 1.82) is 0 Å². The highest BCUT2D eigenvalue weighted by atomic mass is 14.9. The van der Waals surface area contributed by atoms with Gasteiger partial charge >= 0.3 is 0 Å². The summed E-state index contributed by atoms with van der Waals surface area (Å²) >= 11 is 0. The van der Waals surface area contributed by atoms with Gasteiger partial charge in [-0.2, -0.15) is 0 Å². The van der Waals surface area contributed by atoms with E-state index in [0.717, 1.165) is 12.1 Å². The third-order valence-corrected chi connectivity index (χ3v) is 1.71. The highest BCUT2D eigenvalue weighted by Gasteiger charge is 1.99. The number of pyridine rings is 1. The maximum Gasteiger partial charge on any atom is 0.125 e. The van der Waals surface area contributed by atoms with Crippen LogP contribution in [0.3, 0.4) is 0 Å². The summed E-state index contributed by atoms with van der Waals surface area (Å²) in [5.74, 6) is 0.538. The topological polar surface area (TPSA) is 50.9 Å². The van der Waals surface area contributed by atoms with Crippen LogP contribution in [-0.2, 0) is 0 Å². The molecule has 0 fully saturated rings. The molecule has 1 atom stereocenters. The maximum atomic E-state index is 5.54. The molecule has 1 aromatic rings. The van der Waals surface area contributed by atoms with Crippen LogP contribution in [0.1, 0.15) is 13.3 Å². The molecule has 0 bridgehead atoms. The standard InChI is InChI=1S/C10H15N3/c1-3-4-8(2)13-9-5-6-12-10(11)7-9/h3,5-8H,1,4H2,2H3,(H3,11,12,13). The molecule has 3 nitrogen and oxygen atoms in total. The van der Waals surface area contributed by atoms with Gasteiger partial charge in [-0.25, -0.2) is 4.98 Å². The first kappa shape index (κ1) is 9.58. The normalized spacial score (nSPS) is 12.1. The zero-order valence-corrected chi connectivity index (χ0v) is 7.83. The molecule has 0 amide bonds. The van der Waals surface area contributed by atoms with Crippen LogP contribution in [0.5, 0.6) is 0 Å². The van der Waals surface area contributed by atoms with Gasteiger partial charge in [0.15, 0.2) is 0 Å². The van der Waals surface area contributed by atoms with Crippen LogP contribution in [0.15, 0.2) is 31.0 Å². The molecule has 1 aromatic heterocycles. The maximum absolute atomic E-state index is 5.54. The number of rotatable bonds is 4. The first-order chi connectivity index (χ1) is 6.22. The summed E-state index contributed by atoms with van der Waals surface area (Å²) in [6.45, 7) is 5.78. The van der Waals surface area contributed by atoms with E-state index < -0.39 is 0 Å². The van der Waals surface area contributed by atoms with E-state index >= 15 is 0 Å². The SMILES string of the molecule is C=CCC(C)Nc1ccnc(N)c1. The van der Waals surface area contributed by atoms with Crippen molar-refractivity contribution < 1.29 is 0 Å². The number of nitrogen functional groups attached to an aromatic ring is 1. The van der Waals surface area contributed by atoms with Gasteiger partial charge in [0.25, 0.3) is 0 Å². The van der Waals surface area contributed by atoms with E-state index in [1.165, 1.54) is 0 Å². The number of nitrogens with one attached hydrogen (secondary N) is 1. The lowest BCUT2D eigenvalue weighted by Crippen LogP contribution is -2.13. The molecule has 70 valence electrons. The van der Waals surface area contributed by atoms with E-state index in [-0.39, 0.29) is 0 Å². The summed E-state index contributed by atoms with van der Waals surface area (Å²) in [5.41, 5.74) is 6.54. The zero-order valence-electron chi connectivity index (χ0n) is 7.83. The van der Waals surface area contributed by atoms with Crippen molar-refractivity contribution in [3.63, 3.8) is 0 Å². The minimum Gasteiger partial charge on any atom is -0.384 e. The molecule has 1 heterocycles. The first-order valence-corrected chi connectivity index (χ1v) is 4.31. The number of hydrogen-bond donors (Lipinski definition) is 2. The Morgan fingerprint density at radius 3 is 3.15 bits per heavy atom. The summed E-state index contributed by atoms with van der Waals surface area (Å²) < 4.78 is 0. The van der Waals surface area contributed by atoms with Gasteiger partial charge in [0.05, 0.1) is 0 Å². The quantitative estimate of drug-likeness (QED) is 0.692. The molecule has 0 aliphatic carbocycles. The van der Waals surface area contributed by atoms with Crippen LogP contribution in [-0.4, -0.2) is 11.0 Å². The van der Waals surface area contributed by atoms with E-state index in [4.69, 9.17) is 5.73 Å². The summed E-state index contributed by atoms with van der Waals surface area (Å²) in [7, 11) is 0. The monoisotopic (exact) mass is 177 g/mol. The Bertz CT molecular complexity index is 283. The van der Waals surface area contributed by atoms with Crippen molar-refractivity contribution in [2.45, 2.75) is 19.4 Å². The lowest BCUT2D eigenvalue weighted by Gasteiger charge is -2.12. The van der Waals surface area contributed by atoms with E-state index in [1.807, 2.05) is 18.2 Å². The Morgan fingerprint density at radius 2 is 2.54 bits per heavy atom. The van der Waals surface area contributed by atoms with Crippen LogP contribution in [0.4, 0.5) is 11.5 Å². The molecular weight excluding hydrogens is 162 g/mol.